The van der Waals surface area contributed by atoms with Crippen LogP contribution in [0.4, 0.5) is 0 Å². The first kappa shape index (κ1) is 13.9. The molecule has 4 heteroatoms. The third kappa shape index (κ3) is 3.51. The first-order chi connectivity index (χ1) is 9.10. The highest BCUT2D eigenvalue weighted by Gasteiger charge is 2.12. The number of carbonyl (C=O) groups is 1. The minimum Gasteiger partial charge on any atom is -0.451 e. The van der Waals surface area contributed by atoms with E-state index in [1.807, 2.05) is 32.0 Å². The van der Waals surface area contributed by atoms with Crippen molar-refractivity contribution >= 4 is 28.5 Å². The van der Waals surface area contributed by atoms with Gasteiger partial charge < -0.3 is 9.73 Å². The second-order valence-corrected chi connectivity index (χ2v) is 5.32. The zero-order chi connectivity index (χ0) is 13.8. The van der Waals surface area contributed by atoms with Crippen LogP contribution < -0.4 is 5.32 Å². The Morgan fingerprint density at radius 2 is 2.21 bits per heavy atom. The fourth-order valence-electron chi connectivity index (χ4n) is 1.91. The summed E-state index contributed by atoms with van der Waals surface area (Å²) in [7, 11) is 0. The maximum absolute atomic E-state index is 11.9. The second-order valence-electron chi connectivity index (χ2n) is 4.70. The molecule has 0 spiro atoms. The van der Waals surface area contributed by atoms with Gasteiger partial charge in [-0.3, -0.25) is 4.79 Å². The van der Waals surface area contributed by atoms with E-state index in [1.54, 1.807) is 6.07 Å². The minimum atomic E-state index is -0.186. The summed E-state index contributed by atoms with van der Waals surface area (Å²) in [5.74, 6) is 0.164. The third-order valence-electron chi connectivity index (χ3n) is 3.08. The van der Waals surface area contributed by atoms with E-state index in [-0.39, 0.29) is 11.3 Å². The summed E-state index contributed by atoms with van der Waals surface area (Å²) in [5, 5.41) is 3.89. The summed E-state index contributed by atoms with van der Waals surface area (Å²) in [4.78, 5) is 11.9. The number of hydrogen-bond donors (Lipinski definition) is 1. The molecule has 1 aromatic carbocycles. The van der Waals surface area contributed by atoms with E-state index in [9.17, 15) is 4.79 Å². The molecule has 1 aromatic heterocycles. The number of hydrogen-bond acceptors (Lipinski definition) is 2. The average molecular weight is 280 g/mol. The molecule has 0 bridgehead atoms. The average Bonchev–Trinajstić information content (AvgIpc) is 2.81. The van der Waals surface area contributed by atoms with Crippen molar-refractivity contribution < 1.29 is 9.21 Å². The highest BCUT2D eigenvalue weighted by molar-refractivity contribution is 6.20. The highest BCUT2D eigenvalue weighted by Crippen LogP contribution is 2.20. The molecule has 19 heavy (non-hydrogen) atoms. The number of alkyl halides is 1. The van der Waals surface area contributed by atoms with E-state index >= 15 is 0 Å². The van der Waals surface area contributed by atoms with Gasteiger partial charge in [0, 0.05) is 17.3 Å². The van der Waals surface area contributed by atoms with E-state index in [4.69, 9.17) is 16.0 Å². The lowest BCUT2D eigenvalue weighted by Crippen LogP contribution is -2.25. The smallest absolute Gasteiger partial charge is 0.287 e. The normalized spacial score (nSPS) is 12.6. The van der Waals surface area contributed by atoms with Crippen molar-refractivity contribution in [3.8, 4) is 0 Å². The van der Waals surface area contributed by atoms with Crippen LogP contribution in [0.1, 0.15) is 35.9 Å². The molecule has 1 atom stereocenters. The summed E-state index contributed by atoms with van der Waals surface area (Å²) < 4.78 is 5.52. The quantitative estimate of drug-likeness (QED) is 0.844. The van der Waals surface area contributed by atoms with Crippen LogP contribution >= 0.6 is 11.6 Å². The highest BCUT2D eigenvalue weighted by atomic mass is 35.5. The van der Waals surface area contributed by atoms with Crippen LogP contribution in [0.3, 0.4) is 0 Å². The fraction of sp³-hybridized carbons (Fsp3) is 0.400. The molecule has 0 fully saturated rings. The van der Waals surface area contributed by atoms with E-state index < -0.39 is 0 Å². The number of fused-ring (bicyclic) bond motifs is 1. The van der Waals surface area contributed by atoms with Gasteiger partial charge in [-0.15, -0.1) is 11.6 Å². The van der Waals surface area contributed by atoms with Crippen molar-refractivity contribution in [1.82, 2.24) is 5.32 Å². The summed E-state index contributed by atoms with van der Waals surface area (Å²) >= 11 is 6.00. The van der Waals surface area contributed by atoms with Gasteiger partial charge in [-0.1, -0.05) is 18.6 Å². The zero-order valence-electron chi connectivity index (χ0n) is 11.2. The Bertz CT molecular complexity index is 577. The second kappa shape index (κ2) is 6.11. The van der Waals surface area contributed by atoms with Crippen molar-refractivity contribution in [2.45, 2.75) is 32.1 Å². The van der Waals surface area contributed by atoms with Gasteiger partial charge in [0.1, 0.15) is 5.58 Å². The molecule has 1 heterocycles. The number of rotatable bonds is 5. The van der Waals surface area contributed by atoms with Crippen molar-refractivity contribution in [2.75, 3.05) is 6.54 Å². The molecule has 0 saturated heterocycles. The van der Waals surface area contributed by atoms with Gasteiger partial charge in [0.25, 0.3) is 5.91 Å². The lowest BCUT2D eigenvalue weighted by molar-refractivity contribution is 0.0927. The first-order valence-electron chi connectivity index (χ1n) is 6.52. The van der Waals surface area contributed by atoms with Gasteiger partial charge in [-0.05, 0) is 38.0 Å². The monoisotopic (exact) mass is 279 g/mol. The van der Waals surface area contributed by atoms with Gasteiger partial charge in [0.05, 0.1) is 0 Å². The molecular formula is C15H18ClNO2. The maximum Gasteiger partial charge on any atom is 0.287 e. The van der Waals surface area contributed by atoms with Crippen molar-refractivity contribution in [3.63, 3.8) is 0 Å². The minimum absolute atomic E-state index is 0.110. The molecule has 2 aromatic rings. The SMILES string of the molecule is CCC(Cl)CCNC(=O)c1cc2cc(C)ccc2o1. The molecule has 0 aliphatic rings. The van der Waals surface area contributed by atoms with Crippen molar-refractivity contribution in [1.29, 1.82) is 0 Å². The lowest BCUT2D eigenvalue weighted by Gasteiger charge is -2.06. The number of carbonyl (C=O) groups excluding carboxylic acids is 1. The molecule has 0 radical (unpaired) electrons. The Morgan fingerprint density at radius 3 is 2.95 bits per heavy atom. The van der Waals surface area contributed by atoms with Crippen LogP contribution in [0, 0.1) is 6.92 Å². The van der Waals surface area contributed by atoms with Crippen LogP contribution in [0.5, 0.6) is 0 Å². The van der Waals surface area contributed by atoms with Gasteiger partial charge in [0.15, 0.2) is 5.76 Å². The topological polar surface area (TPSA) is 42.2 Å². The number of furan rings is 1. The van der Waals surface area contributed by atoms with Crippen LogP contribution in [-0.2, 0) is 0 Å². The third-order valence-corrected chi connectivity index (χ3v) is 3.61. The molecule has 1 N–H and O–H groups in total. The summed E-state index contributed by atoms with van der Waals surface area (Å²) in [6.07, 6.45) is 1.67. The fourth-order valence-corrected chi connectivity index (χ4v) is 2.02. The molecule has 0 saturated carbocycles. The van der Waals surface area contributed by atoms with Gasteiger partial charge >= 0.3 is 0 Å². The van der Waals surface area contributed by atoms with Gasteiger partial charge in [0.2, 0.25) is 0 Å². The lowest BCUT2D eigenvalue weighted by atomic mass is 10.2. The zero-order valence-corrected chi connectivity index (χ0v) is 12.0. The molecule has 2 rings (SSSR count). The number of amides is 1. The van der Waals surface area contributed by atoms with Crippen molar-refractivity contribution in [3.05, 3.63) is 35.6 Å². The van der Waals surface area contributed by atoms with Crippen LogP contribution in [0.15, 0.2) is 28.7 Å². The van der Waals surface area contributed by atoms with Crippen molar-refractivity contribution in [2.24, 2.45) is 0 Å². The predicted molar refractivity (Wildman–Crippen MR) is 77.8 cm³/mol. The Labute approximate surface area is 117 Å². The maximum atomic E-state index is 11.9. The molecule has 102 valence electrons. The number of nitrogens with one attached hydrogen (secondary N) is 1. The van der Waals surface area contributed by atoms with E-state index in [1.165, 1.54) is 0 Å². The van der Waals surface area contributed by atoms with E-state index in [0.717, 1.165) is 29.4 Å². The van der Waals surface area contributed by atoms with Crippen LogP contribution in [0.2, 0.25) is 0 Å². The predicted octanol–water partition coefficient (Wildman–Crippen LogP) is 3.88. The standard InChI is InChI=1S/C15H18ClNO2/c1-3-12(16)6-7-17-15(18)14-9-11-8-10(2)4-5-13(11)19-14/h4-5,8-9,12H,3,6-7H2,1-2H3,(H,17,18). The summed E-state index contributed by atoms with van der Waals surface area (Å²) in [5.41, 5.74) is 1.88. The van der Waals surface area contributed by atoms with Gasteiger partial charge in [-0.25, -0.2) is 0 Å². The van der Waals surface area contributed by atoms with E-state index in [2.05, 4.69) is 5.32 Å². The van der Waals surface area contributed by atoms with E-state index in [0.29, 0.717) is 12.3 Å². The number of halogens is 1. The molecular weight excluding hydrogens is 262 g/mol. The molecule has 0 aliphatic carbocycles. The van der Waals surface area contributed by atoms with Crippen LogP contribution in [-0.4, -0.2) is 17.8 Å². The first-order valence-corrected chi connectivity index (χ1v) is 6.96. The molecule has 1 amide bonds. The Kier molecular flexibility index (Phi) is 4.48. The largest absolute Gasteiger partial charge is 0.451 e. The van der Waals surface area contributed by atoms with Crippen LogP contribution in [0.25, 0.3) is 11.0 Å². The Morgan fingerprint density at radius 1 is 1.42 bits per heavy atom. The number of aryl methyl sites for hydroxylation is 1. The Hall–Kier alpha value is -1.48. The molecule has 3 nitrogen and oxygen atoms in total. The summed E-state index contributed by atoms with van der Waals surface area (Å²) in [6, 6.07) is 7.62. The number of benzene rings is 1. The van der Waals surface area contributed by atoms with Gasteiger partial charge in [-0.2, -0.15) is 0 Å². The summed E-state index contributed by atoms with van der Waals surface area (Å²) in [6.45, 7) is 4.61. The molecule has 1 unspecified atom stereocenters. The molecule has 0 aliphatic heterocycles. The Balaban J connectivity index is 2.01.